The van der Waals surface area contributed by atoms with Gasteiger partial charge in [0, 0.05) is 7.05 Å². The van der Waals surface area contributed by atoms with Crippen molar-refractivity contribution >= 4 is 34.2 Å². The third-order valence-corrected chi connectivity index (χ3v) is 3.08. The molecule has 1 amide bonds. The maximum atomic E-state index is 11.5. The van der Waals surface area contributed by atoms with Crippen LogP contribution in [-0.4, -0.2) is 26.9 Å². The molecular formula is C12H14ClN3O2. The van der Waals surface area contributed by atoms with Gasteiger partial charge in [-0.25, -0.2) is 0 Å². The number of aliphatic hydroxyl groups excluding tert-OH is 1. The number of amides is 1. The van der Waals surface area contributed by atoms with Crippen molar-refractivity contribution in [2.75, 3.05) is 5.32 Å². The van der Waals surface area contributed by atoms with Crippen LogP contribution in [0.1, 0.15) is 12.5 Å². The minimum absolute atomic E-state index is 0.368. The minimum atomic E-state index is -1.09. The van der Waals surface area contributed by atoms with Crippen molar-refractivity contribution in [1.29, 1.82) is 0 Å². The molecule has 0 aliphatic rings. The van der Waals surface area contributed by atoms with E-state index < -0.39 is 12.0 Å². The van der Waals surface area contributed by atoms with E-state index in [9.17, 15) is 9.90 Å². The zero-order valence-corrected chi connectivity index (χ0v) is 11.1. The molecule has 1 unspecified atom stereocenters. The number of nitrogens with one attached hydrogen (secondary N) is 1. The first-order valence-corrected chi connectivity index (χ1v) is 5.90. The van der Waals surface area contributed by atoms with Crippen LogP contribution in [0.5, 0.6) is 0 Å². The summed E-state index contributed by atoms with van der Waals surface area (Å²) in [6.45, 7) is 3.34. The number of aryl methyl sites for hydroxylation is 2. The van der Waals surface area contributed by atoms with Gasteiger partial charge in [0.2, 0.25) is 0 Å². The standard InChI is InChI=1S/C12H14ClN3O2/c1-6-4-5-8(13)9-10(6)16(3)15-11(9)14-12(18)7(2)17/h4-5,7,17H,1-3H3,(H,14,15,18). The van der Waals surface area contributed by atoms with E-state index in [1.807, 2.05) is 13.0 Å². The van der Waals surface area contributed by atoms with Gasteiger partial charge < -0.3 is 10.4 Å². The van der Waals surface area contributed by atoms with Gasteiger partial charge in [0.15, 0.2) is 5.82 Å². The van der Waals surface area contributed by atoms with Crippen LogP contribution in [0.15, 0.2) is 12.1 Å². The molecule has 1 atom stereocenters. The second-order valence-corrected chi connectivity index (χ2v) is 4.63. The number of aromatic nitrogens is 2. The summed E-state index contributed by atoms with van der Waals surface area (Å²) >= 11 is 6.14. The molecule has 1 heterocycles. The molecule has 0 radical (unpaired) electrons. The van der Waals surface area contributed by atoms with Gasteiger partial charge in [-0.05, 0) is 25.5 Å². The first kappa shape index (κ1) is 12.9. The van der Waals surface area contributed by atoms with Crippen molar-refractivity contribution in [1.82, 2.24) is 9.78 Å². The molecule has 0 saturated heterocycles. The predicted octanol–water partition coefficient (Wildman–Crippen LogP) is 1.85. The molecular weight excluding hydrogens is 254 g/mol. The molecule has 2 rings (SSSR count). The Labute approximate surface area is 109 Å². The van der Waals surface area contributed by atoms with Gasteiger partial charge in [0.25, 0.3) is 5.91 Å². The van der Waals surface area contributed by atoms with Gasteiger partial charge in [-0.1, -0.05) is 17.7 Å². The van der Waals surface area contributed by atoms with Crippen LogP contribution in [0.25, 0.3) is 10.9 Å². The molecule has 0 fully saturated rings. The summed E-state index contributed by atoms with van der Waals surface area (Å²) in [6, 6.07) is 3.66. The second kappa shape index (κ2) is 4.59. The number of carbonyl (C=O) groups is 1. The summed E-state index contributed by atoms with van der Waals surface area (Å²) in [6.07, 6.45) is -1.09. The molecule has 0 spiro atoms. The number of aliphatic hydroxyl groups is 1. The van der Waals surface area contributed by atoms with Crippen molar-refractivity contribution in [3.63, 3.8) is 0 Å². The van der Waals surface area contributed by atoms with Crippen LogP contribution in [0.4, 0.5) is 5.82 Å². The van der Waals surface area contributed by atoms with Gasteiger partial charge >= 0.3 is 0 Å². The summed E-state index contributed by atoms with van der Waals surface area (Å²) in [7, 11) is 1.78. The number of carbonyl (C=O) groups excluding carboxylic acids is 1. The molecule has 1 aromatic heterocycles. The van der Waals surface area contributed by atoms with Crippen molar-refractivity contribution in [3.8, 4) is 0 Å². The average Bonchev–Trinajstić information content (AvgIpc) is 2.62. The number of halogens is 1. The molecule has 0 aliphatic carbocycles. The van der Waals surface area contributed by atoms with Gasteiger partial charge in [0.05, 0.1) is 15.9 Å². The number of hydrogen-bond acceptors (Lipinski definition) is 3. The fourth-order valence-corrected chi connectivity index (χ4v) is 2.11. The van der Waals surface area contributed by atoms with Crippen LogP contribution in [0, 0.1) is 6.92 Å². The molecule has 2 N–H and O–H groups in total. The second-order valence-electron chi connectivity index (χ2n) is 4.23. The van der Waals surface area contributed by atoms with E-state index in [-0.39, 0.29) is 0 Å². The molecule has 18 heavy (non-hydrogen) atoms. The maximum absolute atomic E-state index is 11.5. The highest BCUT2D eigenvalue weighted by atomic mass is 35.5. The lowest BCUT2D eigenvalue weighted by atomic mass is 10.1. The van der Waals surface area contributed by atoms with Crippen LogP contribution < -0.4 is 5.32 Å². The average molecular weight is 268 g/mol. The maximum Gasteiger partial charge on any atom is 0.254 e. The normalized spacial score (nSPS) is 12.7. The first-order chi connectivity index (χ1) is 8.41. The van der Waals surface area contributed by atoms with E-state index in [2.05, 4.69) is 10.4 Å². The monoisotopic (exact) mass is 267 g/mol. The van der Waals surface area contributed by atoms with E-state index in [1.165, 1.54) is 6.92 Å². The fraction of sp³-hybridized carbons (Fsp3) is 0.333. The lowest BCUT2D eigenvalue weighted by Gasteiger charge is -2.05. The third kappa shape index (κ3) is 2.07. The predicted molar refractivity (Wildman–Crippen MR) is 70.8 cm³/mol. The quantitative estimate of drug-likeness (QED) is 0.873. The molecule has 0 saturated carbocycles. The highest BCUT2D eigenvalue weighted by Gasteiger charge is 2.17. The van der Waals surface area contributed by atoms with Crippen LogP contribution in [-0.2, 0) is 11.8 Å². The van der Waals surface area contributed by atoms with Crippen molar-refractivity contribution < 1.29 is 9.90 Å². The zero-order valence-electron chi connectivity index (χ0n) is 10.4. The summed E-state index contributed by atoms with van der Waals surface area (Å²) < 4.78 is 1.66. The fourth-order valence-electron chi connectivity index (χ4n) is 1.87. The molecule has 2 aromatic rings. The van der Waals surface area contributed by atoms with Gasteiger partial charge in [-0.2, -0.15) is 5.10 Å². The van der Waals surface area contributed by atoms with Gasteiger partial charge in [0.1, 0.15) is 6.10 Å². The van der Waals surface area contributed by atoms with E-state index >= 15 is 0 Å². The lowest BCUT2D eigenvalue weighted by molar-refractivity contribution is -0.123. The molecule has 5 nitrogen and oxygen atoms in total. The van der Waals surface area contributed by atoms with E-state index in [1.54, 1.807) is 17.8 Å². The zero-order chi connectivity index (χ0) is 13.4. The summed E-state index contributed by atoms with van der Waals surface area (Å²) in [4.78, 5) is 11.5. The molecule has 6 heteroatoms. The largest absolute Gasteiger partial charge is 0.384 e. The van der Waals surface area contributed by atoms with Crippen LogP contribution in [0.3, 0.4) is 0 Å². The summed E-state index contributed by atoms with van der Waals surface area (Å²) in [5.41, 5.74) is 1.88. The van der Waals surface area contributed by atoms with Gasteiger partial charge in [-0.3, -0.25) is 9.48 Å². The first-order valence-electron chi connectivity index (χ1n) is 5.52. The van der Waals surface area contributed by atoms with E-state index in [0.717, 1.165) is 11.1 Å². The van der Waals surface area contributed by atoms with E-state index in [0.29, 0.717) is 16.2 Å². The number of anilines is 1. The summed E-state index contributed by atoms with van der Waals surface area (Å²) in [5, 5.41) is 17.2. The summed E-state index contributed by atoms with van der Waals surface area (Å²) in [5.74, 6) is -0.139. The third-order valence-electron chi connectivity index (χ3n) is 2.76. The number of nitrogens with zero attached hydrogens (tertiary/aromatic N) is 2. The number of rotatable bonds is 2. The number of hydrogen-bond donors (Lipinski definition) is 2. The van der Waals surface area contributed by atoms with Crippen LogP contribution in [0.2, 0.25) is 5.02 Å². The Morgan fingerprint density at radius 3 is 2.83 bits per heavy atom. The highest BCUT2D eigenvalue weighted by molar-refractivity contribution is 6.36. The van der Waals surface area contributed by atoms with Crippen LogP contribution >= 0.6 is 11.6 Å². The van der Waals surface area contributed by atoms with Crippen molar-refractivity contribution in [2.45, 2.75) is 20.0 Å². The Bertz CT molecular complexity index is 619. The Morgan fingerprint density at radius 2 is 2.22 bits per heavy atom. The molecule has 0 aliphatic heterocycles. The van der Waals surface area contributed by atoms with Crippen molar-refractivity contribution in [2.24, 2.45) is 7.05 Å². The molecule has 96 valence electrons. The van der Waals surface area contributed by atoms with Crippen molar-refractivity contribution in [3.05, 3.63) is 22.7 Å². The number of benzene rings is 1. The topological polar surface area (TPSA) is 67.2 Å². The smallest absolute Gasteiger partial charge is 0.254 e. The molecule has 0 bridgehead atoms. The Hall–Kier alpha value is -1.59. The highest BCUT2D eigenvalue weighted by Crippen LogP contribution is 2.31. The Balaban J connectivity index is 2.59. The minimum Gasteiger partial charge on any atom is -0.384 e. The molecule has 1 aromatic carbocycles. The van der Waals surface area contributed by atoms with E-state index in [4.69, 9.17) is 11.6 Å². The SMILES string of the molecule is Cc1ccc(Cl)c2c(NC(=O)C(C)O)nn(C)c12. The number of fused-ring (bicyclic) bond motifs is 1. The van der Waals surface area contributed by atoms with Gasteiger partial charge in [-0.15, -0.1) is 0 Å². The Morgan fingerprint density at radius 1 is 1.56 bits per heavy atom. The Kier molecular flexibility index (Phi) is 3.28. The lowest BCUT2D eigenvalue weighted by Crippen LogP contribution is -2.24.